The van der Waals surface area contributed by atoms with Gasteiger partial charge in [-0.15, -0.1) is 0 Å². The van der Waals surface area contributed by atoms with Crippen molar-refractivity contribution < 1.29 is 13.9 Å². The van der Waals surface area contributed by atoms with E-state index < -0.39 is 5.41 Å². The molecule has 2 N–H and O–H groups in total. The Kier molecular flexibility index (Phi) is 4.20. The zero-order valence-corrected chi connectivity index (χ0v) is 11.2. The van der Waals surface area contributed by atoms with Gasteiger partial charge in [-0.1, -0.05) is 31.4 Å². The summed E-state index contributed by atoms with van der Waals surface area (Å²) in [6.07, 6.45) is 4.04. The summed E-state index contributed by atoms with van der Waals surface area (Å²) < 4.78 is 18.4. The van der Waals surface area contributed by atoms with Gasteiger partial charge in [0.05, 0.1) is 7.11 Å². The molecule has 0 saturated heterocycles. The van der Waals surface area contributed by atoms with Crippen molar-refractivity contribution in [2.24, 2.45) is 11.7 Å². The van der Waals surface area contributed by atoms with E-state index in [1.807, 2.05) is 0 Å². The molecule has 2 rings (SSSR count). The molecule has 0 heterocycles. The predicted octanol–water partition coefficient (Wildman–Crippen LogP) is 2.39. The lowest BCUT2D eigenvalue weighted by Gasteiger charge is -2.37. The molecule has 0 spiro atoms. The Morgan fingerprint density at radius 2 is 2.26 bits per heavy atom. The van der Waals surface area contributed by atoms with Crippen molar-refractivity contribution in [3.05, 3.63) is 35.6 Å². The Balaban J connectivity index is 2.38. The van der Waals surface area contributed by atoms with Crippen LogP contribution in [0.4, 0.5) is 4.39 Å². The van der Waals surface area contributed by atoms with E-state index in [1.165, 1.54) is 25.7 Å². The number of rotatable bonds is 5. The second-order valence-electron chi connectivity index (χ2n) is 5.29. The van der Waals surface area contributed by atoms with Gasteiger partial charge in [-0.05, 0) is 30.0 Å². The van der Waals surface area contributed by atoms with Gasteiger partial charge >= 0.3 is 5.97 Å². The van der Waals surface area contributed by atoms with E-state index in [2.05, 4.69) is 0 Å². The molecule has 19 heavy (non-hydrogen) atoms. The molecule has 0 amide bonds. The average Bonchev–Trinajstić information content (AvgIpc) is 2.37. The van der Waals surface area contributed by atoms with E-state index in [0.717, 1.165) is 12.8 Å². The number of hydrogen-bond donors (Lipinski definition) is 1. The summed E-state index contributed by atoms with van der Waals surface area (Å²) >= 11 is 0. The van der Waals surface area contributed by atoms with Crippen LogP contribution in [-0.2, 0) is 14.9 Å². The van der Waals surface area contributed by atoms with E-state index in [0.29, 0.717) is 17.9 Å². The van der Waals surface area contributed by atoms with Gasteiger partial charge in [0.25, 0.3) is 0 Å². The van der Waals surface area contributed by atoms with Crippen LogP contribution < -0.4 is 5.73 Å². The van der Waals surface area contributed by atoms with Crippen LogP contribution in [0.25, 0.3) is 0 Å². The molecule has 1 fully saturated rings. The molecular formula is C15H20FNO2. The van der Waals surface area contributed by atoms with Crippen LogP contribution in [0.15, 0.2) is 24.3 Å². The summed E-state index contributed by atoms with van der Waals surface area (Å²) in [6.45, 7) is 0.139. The second kappa shape index (κ2) is 5.70. The molecule has 0 aliphatic heterocycles. The van der Waals surface area contributed by atoms with Crippen LogP contribution in [-0.4, -0.2) is 19.6 Å². The predicted molar refractivity (Wildman–Crippen MR) is 71.1 cm³/mol. The summed E-state index contributed by atoms with van der Waals surface area (Å²) in [4.78, 5) is 12.2. The quantitative estimate of drug-likeness (QED) is 0.832. The summed E-state index contributed by atoms with van der Waals surface area (Å²) in [7, 11) is 1.35. The average molecular weight is 265 g/mol. The van der Waals surface area contributed by atoms with E-state index >= 15 is 0 Å². The fraction of sp³-hybridized carbons (Fsp3) is 0.533. The van der Waals surface area contributed by atoms with Crippen molar-refractivity contribution in [1.82, 2.24) is 0 Å². The minimum atomic E-state index is -0.915. The molecule has 1 atom stereocenters. The molecule has 1 aromatic carbocycles. The third-order valence-electron chi connectivity index (χ3n) is 4.16. The fourth-order valence-corrected chi connectivity index (χ4v) is 2.77. The van der Waals surface area contributed by atoms with Gasteiger partial charge in [-0.3, -0.25) is 4.79 Å². The molecule has 0 aromatic heterocycles. The highest BCUT2D eigenvalue weighted by Gasteiger charge is 2.43. The van der Waals surface area contributed by atoms with E-state index in [9.17, 15) is 9.18 Å². The SMILES string of the molecule is COC(=O)C(CN)(CC1CCC1)c1cccc(F)c1. The lowest BCUT2D eigenvalue weighted by atomic mass is 9.68. The first-order valence-electron chi connectivity index (χ1n) is 6.67. The number of carbonyl (C=O) groups excluding carboxylic acids is 1. The first-order valence-corrected chi connectivity index (χ1v) is 6.67. The molecule has 1 aliphatic rings. The maximum Gasteiger partial charge on any atom is 0.317 e. The number of benzene rings is 1. The Bertz CT molecular complexity index is 459. The first kappa shape index (κ1) is 14.0. The fourth-order valence-electron chi connectivity index (χ4n) is 2.77. The Labute approximate surface area is 112 Å². The minimum absolute atomic E-state index is 0.139. The van der Waals surface area contributed by atoms with Crippen molar-refractivity contribution in [3.63, 3.8) is 0 Å². The third-order valence-corrected chi connectivity index (χ3v) is 4.16. The number of carbonyl (C=O) groups is 1. The highest BCUT2D eigenvalue weighted by Crippen LogP contribution is 2.40. The zero-order chi connectivity index (χ0) is 13.9. The van der Waals surface area contributed by atoms with Crippen molar-refractivity contribution in [1.29, 1.82) is 0 Å². The smallest absolute Gasteiger partial charge is 0.317 e. The van der Waals surface area contributed by atoms with Gasteiger partial charge in [0.1, 0.15) is 11.2 Å². The van der Waals surface area contributed by atoms with Gasteiger partial charge in [-0.25, -0.2) is 4.39 Å². The highest BCUT2D eigenvalue weighted by molar-refractivity contribution is 5.83. The van der Waals surface area contributed by atoms with E-state index in [-0.39, 0.29) is 18.3 Å². The summed E-state index contributed by atoms with van der Waals surface area (Å²) in [5.74, 6) is -0.244. The molecule has 3 nitrogen and oxygen atoms in total. The molecule has 1 aliphatic carbocycles. The number of nitrogens with two attached hydrogens (primary N) is 1. The monoisotopic (exact) mass is 265 g/mol. The number of ether oxygens (including phenoxy) is 1. The molecule has 104 valence electrons. The first-order chi connectivity index (χ1) is 9.12. The summed E-state index contributed by atoms with van der Waals surface area (Å²) in [5.41, 5.74) is 5.57. The number of halogens is 1. The Hall–Kier alpha value is -1.42. The lowest BCUT2D eigenvalue weighted by molar-refractivity contribution is -0.148. The van der Waals surface area contributed by atoms with Crippen molar-refractivity contribution in [2.45, 2.75) is 31.1 Å². The molecule has 0 radical (unpaired) electrons. The Morgan fingerprint density at radius 1 is 1.53 bits per heavy atom. The van der Waals surface area contributed by atoms with E-state index in [4.69, 9.17) is 10.5 Å². The Morgan fingerprint density at radius 3 is 2.74 bits per heavy atom. The maximum atomic E-state index is 13.4. The molecular weight excluding hydrogens is 245 g/mol. The van der Waals surface area contributed by atoms with Crippen LogP contribution in [0.5, 0.6) is 0 Å². The van der Waals surface area contributed by atoms with Gasteiger partial charge in [0.2, 0.25) is 0 Å². The van der Waals surface area contributed by atoms with Gasteiger partial charge < -0.3 is 10.5 Å². The van der Waals surface area contributed by atoms with Crippen LogP contribution in [0.1, 0.15) is 31.2 Å². The summed E-state index contributed by atoms with van der Waals surface area (Å²) in [5, 5.41) is 0. The second-order valence-corrected chi connectivity index (χ2v) is 5.29. The number of methoxy groups -OCH3 is 1. The van der Waals surface area contributed by atoms with Crippen molar-refractivity contribution >= 4 is 5.97 Å². The number of esters is 1. The molecule has 1 saturated carbocycles. The minimum Gasteiger partial charge on any atom is -0.468 e. The molecule has 0 bridgehead atoms. The normalized spacial score (nSPS) is 18.5. The highest BCUT2D eigenvalue weighted by atomic mass is 19.1. The third kappa shape index (κ3) is 2.63. The van der Waals surface area contributed by atoms with E-state index in [1.54, 1.807) is 12.1 Å². The van der Waals surface area contributed by atoms with Gasteiger partial charge in [0, 0.05) is 6.54 Å². The number of hydrogen-bond acceptors (Lipinski definition) is 3. The topological polar surface area (TPSA) is 52.3 Å². The van der Waals surface area contributed by atoms with Gasteiger partial charge in [-0.2, -0.15) is 0 Å². The van der Waals surface area contributed by atoms with Gasteiger partial charge in [0.15, 0.2) is 0 Å². The lowest BCUT2D eigenvalue weighted by Crippen LogP contribution is -2.46. The largest absolute Gasteiger partial charge is 0.468 e. The van der Waals surface area contributed by atoms with Crippen LogP contribution in [0, 0.1) is 11.7 Å². The van der Waals surface area contributed by atoms with Crippen molar-refractivity contribution in [3.8, 4) is 0 Å². The zero-order valence-electron chi connectivity index (χ0n) is 11.2. The molecule has 4 heteroatoms. The summed E-state index contributed by atoms with van der Waals surface area (Å²) in [6, 6.07) is 6.12. The molecule has 1 unspecified atom stereocenters. The van der Waals surface area contributed by atoms with Crippen LogP contribution in [0.2, 0.25) is 0 Å². The maximum absolute atomic E-state index is 13.4. The van der Waals surface area contributed by atoms with Crippen molar-refractivity contribution in [2.75, 3.05) is 13.7 Å². The molecule has 1 aromatic rings. The van der Waals surface area contributed by atoms with Crippen LogP contribution >= 0.6 is 0 Å². The van der Waals surface area contributed by atoms with Crippen LogP contribution in [0.3, 0.4) is 0 Å². The standard InChI is InChI=1S/C15H20FNO2/c1-19-14(18)15(10-17,9-11-4-2-5-11)12-6-3-7-13(16)8-12/h3,6-8,11H,2,4-5,9-10,17H2,1H3.